The van der Waals surface area contributed by atoms with E-state index in [1.165, 1.54) is 0 Å². The van der Waals surface area contributed by atoms with Crippen LogP contribution in [0.1, 0.15) is 25.2 Å². The van der Waals surface area contributed by atoms with E-state index in [-0.39, 0.29) is 18.6 Å². The molecule has 0 aliphatic heterocycles. The lowest BCUT2D eigenvalue weighted by Crippen LogP contribution is -2.34. The fourth-order valence-electron chi connectivity index (χ4n) is 4.06. The second kappa shape index (κ2) is 10.5. The quantitative estimate of drug-likeness (QED) is 0.319. The summed E-state index contributed by atoms with van der Waals surface area (Å²) < 4.78 is 13.2. The number of hydrogen-bond donors (Lipinski definition) is 2. The maximum atomic E-state index is 12.0. The van der Waals surface area contributed by atoms with Gasteiger partial charge in [-0.05, 0) is 61.9 Å². The summed E-state index contributed by atoms with van der Waals surface area (Å²) in [6, 6.07) is 17.3. The molecule has 2 N–H and O–H groups in total. The zero-order valence-corrected chi connectivity index (χ0v) is 20.8. The Balaban J connectivity index is 1.48. The van der Waals surface area contributed by atoms with Gasteiger partial charge in [0, 0.05) is 29.6 Å². The molecule has 0 spiro atoms. The van der Waals surface area contributed by atoms with Crippen LogP contribution in [0.5, 0.6) is 11.5 Å². The van der Waals surface area contributed by atoms with Gasteiger partial charge < -0.3 is 14.8 Å². The first-order valence-corrected chi connectivity index (χ1v) is 11.9. The van der Waals surface area contributed by atoms with Crippen LogP contribution in [0.25, 0.3) is 28.1 Å². The Morgan fingerprint density at radius 1 is 1.08 bits per heavy atom. The fourth-order valence-corrected chi connectivity index (χ4v) is 4.06. The molecule has 0 aliphatic carbocycles. The molecule has 0 aliphatic rings. The molecule has 0 fully saturated rings. The summed E-state index contributed by atoms with van der Waals surface area (Å²) in [6.07, 6.45) is 4.09. The van der Waals surface area contributed by atoms with Crippen LogP contribution >= 0.6 is 0 Å². The Morgan fingerprint density at radius 3 is 2.76 bits per heavy atom. The minimum atomic E-state index is -0.200. The van der Waals surface area contributed by atoms with Crippen molar-refractivity contribution in [3.05, 3.63) is 78.4 Å². The summed E-state index contributed by atoms with van der Waals surface area (Å²) in [5.74, 6) is 2.79. The highest BCUT2D eigenvalue weighted by atomic mass is 16.5. The standard InChI is InChI=1S/C27H27N7O3/c1-17(2)30-26(35)16-37-22-10-8-19(14-23(22)36-3)27-33-32-25(34(27)24-6-4-5-11-28-24)13-18-7-9-21-20(12-18)15-29-31-21/h4-12,14-15,17H,13,16H2,1-3H3,(H,29,31)(H,30,35). The van der Waals surface area contributed by atoms with Crippen molar-refractivity contribution < 1.29 is 14.3 Å². The molecule has 0 unspecified atom stereocenters. The Hall–Kier alpha value is -4.73. The van der Waals surface area contributed by atoms with E-state index in [1.54, 1.807) is 25.6 Å². The van der Waals surface area contributed by atoms with Crippen LogP contribution in [-0.2, 0) is 11.2 Å². The molecule has 0 bridgehead atoms. The predicted octanol–water partition coefficient (Wildman–Crippen LogP) is 3.71. The minimum absolute atomic E-state index is 0.0362. The zero-order chi connectivity index (χ0) is 25.8. The molecule has 5 aromatic rings. The van der Waals surface area contributed by atoms with E-state index >= 15 is 0 Å². The van der Waals surface area contributed by atoms with Gasteiger partial charge in [0.15, 0.2) is 23.9 Å². The largest absolute Gasteiger partial charge is 0.493 e. The van der Waals surface area contributed by atoms with Gasteiger partial charge in [-0.25, -0.2) is 4.98 Å². The number of nitrogens with one attached hydrogen (secondary N) is 2. The minimum Gasteiger partial charge on any atom is -0.493 e. The molecule has 1 amide bonds. The van der Waals surface area contributed by atoms with Gasteiger partial charge in [-0.2, -0.15) is 5.10 Å². The van der Waals surface area contributed by atoms with E-state index in [0.29, 0.717) is 29.6 Å². The van der Waals surface area contributed by atoms with Gasteiger partial charge in [0.1, 0.15) is 11.6 Å². The van der Waals surface area contributed by atoms with Crippen LogP contribution in [0.3, 0.4) is 0 Å². The number of aromatic amines is 1. The molecule has 10 heteroatoms. The highest BCUT2D eigenvalue weighted by molar-refractivity contribution is 5.79. The molecule has 188 valence electrons. The third kappa shape index (κ3) is 5.27. The number of benzene rings is 2. The van der Waals surface area contributed by atoms with E-state index in [0.717, 1.165) is 27.9 Å². The average Bonchev–Trinajstić information content (AvgIpc) is 3.54. The number of rotatable bonds is 9. The number of H-pyrrole nitrogens is 1. The normalized spacial score (nSPS) is 11.1. The van der Waals surface area contributed by atoms with Crippen molar-refractivity contribution in [1.29, 1.82) is 0 Å². The van der Waals surface area contributed by atoms with Crippen LogP contribution in [0, 0.1) is 0 Å². The lowest BCUT2D eigenvalue weighted by Gasteiger charge is -2.14. The average molecular weight is 498 g/mol. The zero-order valence-electron chi connectivity index (χ0n) is 20.8. The van der Waals surface area contributed by atoms with Gasteiger partial charge in [0.2, 0.25) is 0 Å². The number of carbonyl (C=O) groups is 1. The summed E-state index contributed by atoms with van der Waals surface area (Å²) in [7, 11) is 1.56. The topological polar surface area (TPSA) is 120 Å². The predicted molar refractivity (Wildman–Crippen MR) is 139 cm³/mol. The van der Waals surface area contributed by atoms with E-state index in [4.69, 9.17) is 9.47 Å². The third-order valence-electron chi connectivity index (χ3n) is 5.71. The first-order chi connectivity index (χ1) is 18.0. The molecule has 3 heterocycles. The van der Waals surface area contributed by atoms with Crippen LogP contribution in [0.15, 0.2) is 67.0 Å². The Bertz CT molecular complexity index is 1530. The summed E-state index contributed by atoms with van der Waals surface area (Å²) in [5.41, 5.74) is 2.82. The molecular formula is C27H27N7O3. The first-order valence-electron chi connectivity index (χ1n) is 11.9. The molecular weight excluding hydrogens is 470 g/mol. The number of methoxy groups -OCH3 is 1. The number of fused-ring (bicyclic) bond motifs is 1. The van der Waals surface area contributed by atoms with Gasteiger partial charge in [-0.3, -0.25) is 14.5 Å². The summed E-state index contributed by atoms with van der Waals surface area (Å²) in [5, 5.41) is 20.0. The SMILES string of the molecule is COc1cc(-c2nnc(Cc3ccc4[nH]ncc4c3)n2-c2ccccn2)ccc1OCC(=O)NC(C)C. The molecule has 2 aromatic carbocycles. The first kappa shape index (κ1) is 24.0. The summed E-state index contributed by atoms with van der Waals surface area (Å²) in [6.45, 7) is 3.69. The molecule has 0 saturated heterocycles. The second-order valence-corrected chi connectivity index (χ2v) is 8.81. The van der Waals surface area contributed by atoms with Gasteiger partial charge in [0.05, 0.1) is 18.8 Å². The molecule has 0 saturated carbocycles. The fraction of sp³-hybridized carbons (Fsp3) is 0.222. The third-order valence-corrected chi connectivity index (χ3v) is 5.71. The number of ether oxygens (including phenoxy) is 2. The van der Waals surface area contributed by atoms with Crippen molar-refractivity contribution in [2.24, 2.45) is 0 Å². The number of hydrogen-bond acceptors (Lipinski definition) is 7. The highest BCUT2D eigenvalue weighted by Crippen LogP contribution is 2.33. The summed E-state index contributed by atoms with van der Waals surface area (Å²) >= 11 is 0. The summed E-state index contributed by atoms with van der Waals surface area (Å²) in [4.78, 5) is 16.6. The molecule has 3 aromatic heterocycles. The maximum Gasteiger partial charge on any atom is 0.258 e. The number of nitrogens with zero attached hydrogens (tertiary/aromatic N) is 5. The van der Waals surface area contributed by atoms with Gasteiger partial charge >= 0.3 is 0 Å². The Labute approximate surface area is 213 Å². The van der Waals surface area contributed by atoms with Crippen molar-refractivity contribution in [3.63, 3.8) is 0 Å². The van der Waals surface area contributed by atoms with Crippen molar-refractivity contribution in [2.45, 2.75) is 26.3 Å². The molecule has 0 radical (unpaired) electrons. The van der Waals surface area contributed by atoms with Gasteiger partial charge in [-0.1, -0.05) is 12.1 Å². The van der Waals surface area contributed by atoms with Crippen molar-refractivity contribution in [2.75, 3.05) is 13.7 Å². The Kier molecular flexibility index (Phi) is 6.80. The Morgan fingerprint density at radius 2 is 1.97 bits per heavy atom. The second-order valence-electron chi connectivity index (χ2n) is 8.81. The molecule has 0 atom stereocenters. The smallest absolute Gasteiger partial charge is 0.258 e. The van der Waals surface area contributed by atoms with Crippen molar-refractivity contribution >= 4 is 16.8 Å². The molecule has 10 nitrogen and oxygen atoms in total. The monoisotopic (exact) mass is 497 g/mol. The number of pyridine rings is 1. The highest BCUT2D eigenvalue weighted by Gasteiger charge is 2.19. The number of amides is 1. The van der Waals surface area contributed by atoms with Crippen molar-refractivity contribution in [1.82, 2.24) is 35.3 Å². The van der Waals surface area contributed by atoms with E-state index in [1.807, 2.05) is 60.9 Å². The van der Waals surface area contributed by atoms with E-state index < -0.39 is 0 Å². The number of aromatic nitrogens is 6. The van der Waals surface area contributed by atoms with E-state index in [9.17, 15) is 4.79 Å². The van der Waals surface area contributed by atoms with E-state index in [2.05, 4.69) is 36.8 Å². The lowest BCUT2D eigenvalue weighted by molar-refractivity contribution is -0.123. The van der Waals surface area contributed by atoms with Crippen LogP contribution in [0.2, 0.25) is 0 Å². The number of carbonyl (C=O) groups excluding carboxylic acids is 1. The van der Waals surface area contributed by atoms with Gasteiger partial charge in [-0.15, -0.1) is 10.2 Å². The van der Waals surface area contributed by atoms with Crippen molar-refractivity contribution in [3.8, 4) is 28.7 Å². The molecule has 5 rings (SSSR count). The van der Waals surface area contributed by atoms with Crippen LogP contribution < -0.4 is 14.8 Å². The maximum absolute atomic E-state index is 12.0. The van der Waals surface area contributed by atoms with Crippen LogP contribution in [0.4, 0.5) is 0 Å². The van der Waals surface area contributed by atoms with Crippen LogP contribution in [-0.4, -0.2) is 55.6 Å². The van der Waals surface area contributed by atoms with Gasteiger partial charge in [0.25, 0.3) is 5.91 Å². The molecule has 37 heavy (non-hydrogen) atoms. The lowest BCUT2D eigenvalue weighted by atomic mass is 10.1.